The fourth-order valence-corrected chi connectivity index (χ4v) is 1.81. The van der Waals surface area contributed by atoms with E-state index in [0.29, 0.717) is 11.4 Å². The predicted molar refractivity (Wildman–Crippen MR) is 68.5 cm³/mol. The second-order valence-corrected chi connectivity index (χ2v) is 4.14. The Balaban J connectivity index is 2.34. The van der Waals surface area contributed by atoms with Gasteiger partial charge in [-0.3, -0.25) is 0 Å². The minimum Gasteiger partial charge on any atom is -0.476 e. The van der Waals surface area contributed by atoms with Gasteiger partial charge in [0.2, 0.25) is 0 Å². The van der Waals surface area contributed by atoms with Crippen molar-refractivity contribution in [3.63, 3.8) is 0 Å². The lowest BCUT2D eigenvalue weighted by Crippen LogP contribution is -2.34. The minimum atomic E-state index is -0.872. The number of anilines is 1. The molecule has 1 fully saturated rings. The molecule has 2 amide bonds. The van der Waals surface area contributed by atoms with E-state index in [1.165, 1.54) is 13.1 Å². The van der Waals surface area contributed by atoms with Gasteiger partial charge in [0.1, 0.15) is 17.3 Å². The Kier molecular flexibility index (Phi) is 4.31. The topological polar surface area (TPSA) is 104 Å². The Labute approximate surface area is 119 Å². The lowest BCUT2D eigenvalue weighted by Gasteiger charge is -2.19. The van der Waals surface area contributed by atoms with Gasteiger partial charge in [-0.25, -0.2) is 14.0 Å². The Morgan fingerprint density at radius 1 is 1.62 bits per heavy atom. The molecule has 1 aromatic rings. The molecule has 0 spiro atoms. The van der Waals surface area contributed by atoms with Crippen LogP contribution in [0.3, 0.4) is 0 Å². The van der Waals surface area contributed by atoms with Crippen molar-refractivity contribution in [3.8, 4) is 5.75 Å². The predicted octanol–water partition coefficient (Wildman–Crippen LogP) is 1.61. The largest absolute Gasteiger partial charge is 0.476 e. The third-order valence-electron chi connectivity index (χ3n) is 2.81. The number of carbonyl (C=O) groups excluding carboxylic acids is 2. The van der Waals surface area contributed by atoms with Crippen LogP contribution in [0, 0.1) is 11.3 Å². The maximum atomic E-state index is 13.4. The molecule has 2 N–H and O–H groups in total. The number of carbonyl (C=O) groups is 2. The number of rotatable bonds is 4. The number of ether oxygens (including phenoxy) is 2. The van der Waals surface area contributed by atoms with Crippen LogP contribution in [-0.2, 0) is 9.53 Å². The van der Waals surface area contributed by atoms with E-state index in [1.54, 1.807) is 0 Å². The molecule has 112 valence electrons. The highest BCUT2D eigenvalue weighted by Crippen LogP contribution is 2.31. The molecule has 0 saturated carbocycles. The van der Waals surface area contributed by atoms with Crippen LogP contribution in [0.15, 0.2) is 23.4 Å². The molecule has 0 bridgehead atoms. The molecule has 1 heterocycles. The van der Waals surface area contributed by atoms with Gasteiger partial charge in [0.25, 0.3) is 0 Å². The number of benzene rings is 1. The molecule has 1 atom stereocenters. The lowest BCUT2D eigenvalue weighted by molar-refractivity contribution is -0.143. The molecule has 1 aliphatic rings. The van der Waals surface area contributed by atoms with Crippen LogP contribution in [0.1, 0.15) is 6.42 Å². The number of nitrogens with zero attached hydrogens (tertiary/aromatic N) is 2. The summed E-state index contributed by atoms with van der Waals surface area (Å²) in [7, 11) is 1.36. The van der Waals surface area contributed by atoms with Gasteiger partial charge in [-0.05, 0) is 12.1 Å². The highest BCUT2D eigenvalue weighted by molar-refractivity contribution is 5.92. The zero-order valence-electron chi connectivity index (χ0n) is 11.1. The van der Waals surface area contributed by atoms with Crippen molar-refractivity contribution >= 4 is 17.7 Å². The van der Waals surface area contributed by atoms with Crippen molar-refractivity contribution in [2.24, 2.45) is 5.22 Å². The Bertz CT molecular complexity index is 580. The van der Waals surface area contributed by atoms with E-state index in [1.807, 2.05) is 0 Å². The van der Waals surface area contributed by atoms with Crippen LogP contribution in [0.5, 0.6) is 5.75 Å². The Hall–Kier alpha value is -2.71. The second-order valence-electron chi connectivity index (χ2n) is 4.14. The van der Waals surface area contributed by atoms with Gasteiger partial charge >= 0.3 is 12.0 Å². The molecule has 1 aliphatic heterocycles. The van der Waals surface area contributed by atoms with E-state index < -0.39 is 23.9 Å². The van der Waals surface area contributed by atoms with Gasteiger partial charge < -0.3 is 14.8 Å². The molecule has 0 radical (unpaired) electrons. The van der Waals surface area contributed by atoms with E-state index in [9.17, 15) is 14.0 Å². The van der Waals surface area contributed by atoms with E-state index in [-0.39, 0.29) is 18.0 Å². The fourth-order valence-electron chi connectivity index (χ4n) is 1.81. The molecule has 0 aliphatic carbocycles. The summed E-state index contributed by atoms with van der Waals surface area (Å²) in [5.74, 6) is -1.24. The molecule has 0 aromatic heterocycles. The molecule has 8 nitrogen and oxygen atoms in total. The Morgan fingerprint density at radius 2 is 2.38 bits per heavy atom. The second kappa shape index (κ2) is 6.16. The van der Waals surface area contributed by atoms with Crippen LogP contribution in [0.25, 0.3) is 0 Å². The van der Waals surface area contributed by atoms with Gasteiger partial charge in [-0.1, -0.05) is 5.22 Å². The van der Waals surface area contributed by atoms with Crippen molar-refractivity contribution < 1.29 is 23.5 Å². The summed E-state index contributed by atoms with van der Waals surface area (Å²) in [6.07, 6.45) is -0.546. The standard InChI is InChI=1S/C12H13FN4O4/c1-15-12(19)17(16-14)8-3-2-7(13)6-10(8)21-9-4-5-20-11(9)18/h2-3,6,9,14H,4-5H2,1H3,(H,15,19). The molecule has 1 aromatic carbocycles. The van der Waals surface area contributed by atoms with Crippen molar-refractivity contribution in [1.82, 2.24) is 5.32 Å². The highest BCUT2D eigenvalue weighted by atomic mass is 19.1. The van der Waals surface area contributed by atoms with E-state index in [4.69, 9.17) is 15.0 Å². The number of esters is 1. The summed E-state index contributed by atoms with van der Waals surface area (Å²) >= 11 is 0. The first kappa shape index (κ1) is 14.7. The first-order chi connectivity index (χ1) is 10.1. The summed E-state index contributed by atoms with van der Waals surface area (Å²) in [4.78, 5) is 23.1. The SMILES string of the molecule is CNC(=O)N(N=N)c1ccc(F)cc1OC1CCOC1=O. The van der Waals surface area contributed by atoms with Gasteiger partial charge in [0.15, 0.2) is 6.10 Å². The number of urea groups is 1. The fraction of sp³-hybridized carbons (Fsp3) is 0.333. The zero-order chi connectivity index (χ0) is 15.4. The van der Waals surface area contributed by atoms with E-state index in [0.717, 1.165) is 12.1 Å². The van der Waals surface area contributed by atoms with Crippen molar-refractivity contribution in [2.45, 2.75) is 12.5 Å². The van der Waals surface area contributed by atoms with Crippen molar-refractivity contribution in [1.29, 1.82) is 5.53 Å². The van der Waals surface area contributed by atoms with Crippen LogP contribution < -0.4 is 15.1 Å². The quantitative estimate of drug-likeness (QED) is 0.500. The number of hydrogen-bond donors (Lipinski definition) is 2. The molecule has 1 unspecified atom stereocenters. The van der Waals surface area contributed by atoms with Gasteiger partial charge in [0.05, 0.1) is 6.61 Å². The normalized spacial score (nSPS) is 17.0. The summed E-state index contributed by atoms with van der Waals surface area (Å²) in [6, 6.07) is 2.65. The summed E-state index contributed by atoms with van der Waals surface area (Å²) in [5, 5.41) is 6.05. The number of halogens is 1. The molecular formula is C12H13FN4O4. The molecule has 1 saturated heterocycles. The summed E-state index contributed by atoms with van der Waals surface area (Å²) in [6.45, 7) is 0.218. The minimum absolute atomic E-state index is 0.0467. The molecule has 9 heteroatoms. The van der Waals surface area contributed by atoms with Crippen LogP contribution in [0.2, 0.25) is 0 Å². The van der Waals surface area contributed by atoms with Gasteiger partial charge in [-0.2, -0.15) is 10.5 Å². The maximum Gasteiger partial charge on any atom is 0.347 e. The van der Waals surface area contributed by atoms with Gasteiger partial charge in [0, 0.05) is 19.5 Å². The van der Waals surface area contributed by atoms with E-state index >= 15 is 0 Å². The lowest BCUT2D eigenvalue weighted by atomic mass is 10.2. The average Bonchev–Trinajstić information content (AvgIpc) is 2.87. The number of cyclic esters (lactones) is 1. The molecule has 21 heavy (non-hydrogen) atoms. The third kappa shape index (κ3) is 3.07. The number of hydrogen-bond acceptors (Lipinski definition) is 6. The number of amides is 2. The Morgan fingerprint density at radius 3 is 2.95 bits per heavy atom. The van der Waals surface area contributed by atoms with Crippen LogP contribution in [0.4, 0.5) is 14.9 Å². The van der Waals surface area contributed by atoms with Gasteiger partial charge in [-0.15, -0.1) is 0 Å². The smallest absolute Gasteiger partial charge is 0.347 e. The monoisotopic (exact) mass is 296 g/mol. The van der Waals surface area contributed by atoms with E-state index in [2.05, 4.69) is 10.5 Å². The van der Waals surface area contributed by atoms with Crippen molar-refractivity contribution in [2.75, 3.05) is 18.7 Å². The maximum absolute atomic E-state index is 13.4. The average molecular weight is 296 g/mol. The number of nitrogens with one attached hydrogen (secondary N) is 2. The summed E-state index contributed by atoms with van der Waals surface area (Å²) < 4.78 is 23.5. The third-order valence-corrected chi connectivity index (χ3v) is 2.81. The zero-order valence-corrected chi connectivity index (χ0v) is 11.1. The highest BCUT2D eigenvalue weighted by Gasteiger charge is 2.30. The van der Waals surface area contributed by atoms with Crippen molar-refractivity contribution in [3.05, 3.63) is 24.0 Å². The first-order valence-electron chi connectivity index (χ1n) is 6.09. The van der Waals surface area contributed by atoms with Crippen LogP contribution in [-0.4, -0.2) is 31.8 Å². The molecular weight excluding hydrogens is 283 g/mol. The summed E-state index contributed by atoms with van der Waals surface area (Å²) in [5.41, 5.74) is 7.10. The first-order valence-corrected chi connectivity index (χ1v) is 6.09. The van der Waals surface area contributed by atoms with Crippen LogP contribution >= 0.6 is 0 Å². The molecule has 2 rings (SSSR count).